The molecule has 0 bridgehead atoms. The monoisotopic (exact) mass is 236 g/mol. The van der Waals surface area contributed by atoms with Crippen molar-refractivity contribution in [1.82, 2.24) is 9.78 Å². The standard InChI is InChI=1S/C14H24N2O/c1-3-12-11-13(4-2)16(15-12)9-5-7-14-8-6-10-17-14/h11,14H,3-10H2,1-2H3. The molecule has 1 aromatic rings. The van der Waals surface area contributed by atoms with Crippen LogP contribution in [0.4, 0.5) is 0 Å². The number of hydrogen-bond donors (Lipinski definition) is 0. The molecule has 0 amide bonds. The van der Waals surface area contributed by atoms with Crippen LogP contribution < -0.4 is 0 Å². The fourth-order valence-electron chi connectivity index (χ4n) is 2.51. The SMILES string of the molecule is CCc1cc(CC)n(CCCC2CCCO2)n1. The zero-order valence-corrected chi connectivity index (χ0v) is 11.1. The van der Waals surface area contributed by atoms with Crippen LogP contribution in [0.25, 0.3) is 0 Å². The molecule has 0 N–H and O–H groups in total. The van der Waals surface area contributed by atoms with Gasteiger partial charge in [-0.15, -0.1) is 0 Å². The van der Waals surface area contributed by atoms with E-state index in [0.717, 1.165) is 26.0 Å². The molecule has 1 aliphatic heterocycles. The van der Waals surface area contributed by atoms with Crippen molar-refractivity contribution >= 4 is 0 Å². The van der Waals surface area contributed by atoms with Gasteiger partial charge in [-0.05, 0) is 44.6 Å². The molecule has 1 atom stereocenters. The molecule has 1 fully saturated rings. The molecular formula is C14H24N2O. The predicted octanol–water partition coefficient (Wildman–Crippen LogP) is 2.97. The molecule has 3 heteroatoms. The van der Waals surface area contributed by atoms with E-state index in [0.29, 0.717) is 6.10 Å². The maximum atomic E-state index is 5.64. The lowest BCUT2D eigenvalue weighted by molar-refractivity contribution is 0.101. The minimum absolute atomic E-state index is 0.515. The third-order valence-corrected chi connectivity index (χ3v) is 3.56. The summed E-state index contributed by atoms with van der Waals surface area (Å²) in [5, 5.41) is 4.64. The predicted molar refractivity (Wildman–Crippen MR) is 69.2 cm³/mol. The van der Waals surface area contributed by atoms with Crippen molar-refractivity contribution < 1.29 is 4.74 Å². The van der Waals surface area contributed by atoms with E-state index in [1.54, 1.807) is 0 Å². The summed E-state index contributed by atoms with van der Waals surface area (Å²) in [5.74, 6) is 0. The molecule has 1 saturated heterocycles. The Kier molecular flexibility index (Phi) is 4.60. The number of aryl methyl sites for hydroxylation is 3. The molecule has 96 valence electrons. The Bertz CT molecular complexity index is 340. The summed E-state index contributed by atoms with van der Waals surface area (Å²) in [7, 11) is 0. The Labute approximate surface area is 104 Å². The molecule has 1 unspecified atom stereocenters. The number of nitrogens with zero attached hydrogens (tertiary/aromatic N) is 2. The zero-order chi connectivity index (χ0) is 12.1. The van der Waals surface area contributed by atoms with Crippen LogP contribution >= 0.6 is 0 Å². The first-order valence-corrected chi connectivity index (χ1v) is 7.00. The van der Waals surface area contributed by atoms with Gasteiger partial charge >= 0.3 is 0 Å². The van der Waals surface area contributed by atoms with Gasteiger partial charge in [-0.25, -0.2) is 0 Å². The molecule has 3 nitrogen and oxygen atoms in total. The molecule has 0 saturated carbocycles. The van der Waals surface area contributed by atoms with Crippen LogP contribution in [0, 0.1) is 0 Å². The van der Waals surface area contributed by atoms with Gasteiger partial charge in [0.15, 0.2) is 0 Å². The van der Waals surface area contributed by atoms with Gasteiger partial charge in [0, 0.05) is 18.8 Å². The van der Waals surface area contributed by atoms with E-state index in [9.17, 15) is 0 Å². The minimum Gasteiger partial charge on any atom is -0.378 e. The van der Waals surface area contributed by atoms with Crippen LogP contribution in [0.5, 0.6) is 0 Å². The van der Waals surface area contributed by atoms with E-state index in [1.807, 2.05) is 0 Å². The van der Waals surface area contributed by atoms with Gasteiger partial charge in [0.25, 0.3) is 0 Å². The van der Waals surface area contributed by atoms with Crippen molar-refractivity contribution in [3.63, 3.8) is 0 Å². The van der Waals surface area contributed by atoms with Crippen LogP contribution in [-0.2, 0) is 24.1 Å². The van der Waals surface area contributed by atoms with E-state index in [2.05, 4.69) is 29.7 Å². The Balaban J connectivity index is 1.82. The van der Waals surface area contributed by atoms with Crippen molar-refractivity contribution in [1.29, 1.82) is 0 Å². The summed E-state index contributed by atoms with van der Waals surface area (Å²) >= 11 is 0. The number of ether oxygens (including phenoxy) is 1. The molecule has 2 heterocycles. The van der Waals surface area contributed by atoms with Crippen molar-refractivity contribution in [3.8, 4) is 0 Å². The second-order valence-electron chi connectivity index (χ2n) is 4.83. The van der Waals surface area contributed by atoms with Gasteiger partial charge in [-0.1, -0.05) is 13.8 Å². The quantitative estimate of drug-likeness (QED) is 0.759. The van der Waals surface area contributed by atoms with Crippen molar-refractivity contribution in [2.24, 2.45) is 0 Å². The molecule has 2 rings (SSSR count). The molecular weight excluding hydrogens is 212 g/mol. The van der Waals surface area contributed by atoms with Gasteiger partial charge in [0.05, 0.1) is 11.8 Å². The Morgan fingerprint density at radius 2 is 2.29 bits per heavy atom. The Hall–Kier alpha value is -0.830. The van der Waals surface area contributed by atoms with E-state index in [4.69, 9.17) is 4.74 Å². The average molecular weight is 236 g/mol. The molecule has 1 aromatic heterocycles. The topological polar surface area (TPSA) is 27.1 Å². The highest BCUT2D eigenvalue weighted by atomic mass is 16.5. The first-order chi connectivity index (χ1) is 8.33. The van der Waals surface area contributed by atoms with Crippen molar-refractivity contribution in [2.75, 3.05) is 6.61 Å². The maximum Gasteiger partial charge on any atom is 0.0624 e. The highest BCUT2D eigenvalue weighted by Crippen LogP contribution is 2.17. The van der Waals surface area contributed by atoms with Gasteiger partial charge < -0.3 is 4.74 Å². The summed E-state index contributed by atoms with van der Waals surface area (Å²) < 4.78 is 7.83. The molecule has 17 heavy (non-hydrogen) atoms. The highest BCUT2D eigenvalue weighted by Gasteiger charge is 2.15. The first-order valence-electron chi connectivity index (χ1n) is 7.00. The fraction of sp³-hybridized carbons (Fsp3) is 0.786. The van der Waals surface area contributed by atoms with Crippen LogP contribution in [0.2, 0.25) is 0 Å². The molecule has 0 radical (unpaired) electrons. The fourth-order valence-corrected chi connectivity index (χ4v) is 2.51. The Morgan fingerprint density at radius 3 is 2.94 bits per heavy atom. The van der Waals surface area contributed by atoms with Gasteiger partial charge in [0.1, 0.15) is 0 Å². The zero-order valence-electron chi connectivity index (χ0n) is 11.1. The molecule has 0 aliphatic carbocycles. The van der Waals surface area contributed by atoms with E-state index >= 15 is 0 Å². The van der Waals surface area contributed by atoms with E-state index in [-0.39, 0.29) is 0 Å². The lowest BCUT2D eigenvalue weighted by atomic mass is 10.1. The van der Waals surface area contributed by atoms with Gasteiger partial charge in [-0.2, -0.15) is 5.10 Å². The third-order valence-electron chi connectivity index (χ3n) is 3.56. The maximum absolute atomic E-state index is 5.64. The lowest BCUT2D eigenvalue weighted by Gasteiger charge is -2.10. The van der Waals surface area contributed by atoms with Crippen LogP contribution in [0.1, 0.15) is 50.9 Å². The average Bonchev–Trinajstić information content (AvgIpc) is 2.98. The summed E-state index contributed by atoms with van der Waals surface area (Å²) in [6, 6.07) is 2.24. The molecule has 1 aliphatic rings. The summed E-state index contributed by atoms with van der Waals surface area (Å²) in [6.45, 7) is 6.38. The number of rotatable bonds is 6. The van der Waals surface area contributed by atoms with Crippen molar-refractivity contribution in [2.45, 2.75) is 65.0 Å². The normalized spacial score (nSPS) is 20.0. The summed E-state index contributed by atoms with van der Waals surface area (Å²) in [5.41, 5.74) is 2.59. The number of aromatic nitrogens is 2. The third kappa shape index (κ3) is 3.32. The van der Waals surface area contributed by atoms with E-state index < -0.39 is 0 Å². The van der Waals surface area contributed by atoms with Crippen LogP contribution in [0.3, 0.4) is 0 Å². The first kappa shape index (κ1) is 12.6. The lowest BCUT2D eigenvalue weighted by Crippen LogP contribution is -2.09. The molecule has 0 aromatic carbocycles. The number of hydrogen-bond acceptors (Lipinski definition) is 2. The van der Waals surface area contributed by atoms with E-state index in [1.165, 1.54) is 37.1 Å². The largest absolute Gasteiger partial charge is 0.378 e. The second-order valence-corrected chi connectivity index (χ2v) is 4.83. The van der Waals surface area contributed by atoms with Crippen LogP contribution in [-0.4, -0.2) is 22.5 Å². The molecule has 0 spiro atoms. The Morgan fingerprint density at radius 1 is 1.41 bits per heavy atom. The van der Waals surface area contributed by atoms with Crippen LogP contribution in [0.15, 0.2) is 6.07 Å². The summed E-state index contributed by atoms with van der Waals surface area (Å²) in [6.07, 6.45) is 7.49. The van der Waals surface area contributed by atoms with Crippen molar-refractivity contribution in [3.05, 3.63) is 17.5 Å². The van der Waals surface area contributed by atoms with Gasteiger partial charge in [0.2, 0.25) is 0 Å². The smallest absolute Gasteiger partial charge is 0.0624 e. The summed E-state index contributed by atoms with van der Waals surface area (Å²) in [4.78, 5) is 0. The van der Waals surface area contributed by atoms with Gasteiger partial charge in [-0.3, -0.25) is 4.68 Å². The second kappa shape index (κ2) is 6.20. The minimum atomic E-state index is 0.515. The highest BCUT2D eigenvalue weighted by molar-refractivity contribution is 5.10.